The van der Waals surface area contributed by atoms with Gasteiger partial charge in [0.25, 0.3) is 0 Å². The van der Waals surface area contributed by atoms with Gasteiger partial charge in [-0.1, -0.05) is 125 Å². The lowest BCUT2D eigenvalue weighted by Crippen LogP contribution is -2.52. The van der Waals surface area contributed by atoms with E-state index in [-0.39, 0.29) is 76.8 Å². The third kappa shape index (κ3) is 7.54. The van der Waals surface area contributed by atoms with Gasteiger partial charge in [0.05, 0.1) is 43.3 Å². The lowest BCUT2D eigenvalue weighted by atomic mass is 9.48. The summed E-state index contributed by atoms with van der Waals surface area (Å²) in [6.07, 6.45) is 1.85. The molecule has 0 radical (unpaired) electrons. The Bertz CT molecular complexity index is 1550. The van der Waals surface area contributed by atoms with Crippen molar-refractivity contribution in [2.45, 2.75) is 68.2 Å². The lowest BCUT2D eigenvalue weighted by molar-refractivity contribution is -0.156. The first-order valence-electron chi connectivity index (χ1n) is 15.0. The summed E-state index contributed by atoms with van der Waals surface area (Å²) in [4.78, 5) is 52.8. The van der Waals surface area contributed by atoms with Crippen molar-refractivity contribution in [3.05, 3.63) is 53.4 Å². The highest BCUT2D eigenvalue weighted by molar-refractivity contribution is 6.47. The number of carbonyl (C=O) groups is 4. The number of halogens is 6. The van der Waals surface area contributed by atoms with Crippen molar-refractivity contribution in [1.82, 2.24) is 0 Å². The molecule has 2 aromatic rings. The zero-order chi connectivity index (χ0) is 36.3. The maximum atomic E-state index is 13.3. The predicted octanol–water partition coefficient (Wildman–Crippen LogP) is 10.6. The van der Waals surface area contributed by atoms with E-state index in [0.29, 0.717) is 0 Å². The second kappa shape index (κ2) is 13.6. The minimum atomic E-state index is -1.65. The molecule has 0 heterocycles. The van der Waals surface area contributed by atoms with Gasteiger partial charge < -0.3 is 18.9 Å². The number of rotatable bonds is 8. The van der Waals surface area contributed by atoms with Crippen LogP contribution in [0.5, 0.6) is 11.5 Å². The molecule has 4 rings (SSSR count). The fourth-order valence-corrected chi connectivity index (χ4v) is 9.49. The van der Waals surface area contributed by atoms with Crippen LogP contribution in [0.1, 0.15) is 88.9 Å². The van der Waals surface area contributed by atoms with Crippen LogP contribution >= 0.6 is 69.6 Å². The van der Waals surface area contributed by atoms with Gasteiger partial charge in [0.2, 0.25) is 0 Å². The lowest BCUT2D eigenvalue weighted by Gasteiger charge is -2.57. The fourth-order valence-electron chi connectivity index (χ4n) is 8.05. The first kappa shape index (κ1) is 38.9. The van der Waals surface area contributed by atoms with Crippen LogP contribution in [-0.4, -0.2) is 37.1 Å². The Morgan fingerprint density at radius 3 is 1.12 bits per heavy atom. The SMILES string of the molecule is CC1(C)CC(C)(C)C1COC(=O)c1c(Cl)c(Cl)cc(Cl)c1OC(=O)C(=O)Oc1c(Cl)cc(Cl)c(Cl)c1C(=O)OCC1C(C)(C)CC1(C)C. The summed E-state index contributed by atoms with van der Waals surface area (Å²) in [5, 5.41) is -1.52. The van der Waals surface area contributed by atoms with E-state index < -0.39 is 46.5 Å². The third-order valence-corrected chi connectivity index (χ3v) is 11.7. The van der Waals surface area contributed by atoms with Crippen LogP contribution in [0.3, 0.4) is 0 Å². The summed E-state index contributed by atoms with van der Waals surface area (Å²) >= 11 is 37.7. The smallest absolute Gasteiger partial charge is 0.423 e. The van der Waals surface area contributed by atoms with Gasteiger partial charge in [-0.2, -0.15) is 0 Å². The quantitative estimate of drug-likeness (QED) is 0.113. The van der Waals surface area contributed by atoms with Crippen molar-refractivity contribution in [2.75, 3.05) is 13.2 Å². The molecule has 14 heteroatoms. The van der Waals surface area contributed by atoms with E-state index in [1.54, 1.807) is 0 Å². The molecule has 0 amide bonds. The van der Waals surface area contributed by atoms with E-state index in [0.717, 1.165) is 25.0 Å². The van der Waals surface area contributed by atoms with Crippen molar-refractivity contribution in [1.29, 1.82) is 0 Å². The Balaban J connectivity index is 1.56. The van der Waals surface area contributed by atoms with Crippen molar-refractivity contribution in [2.24, 2.45) is 33.5 Å². The zero-order valence-electron chi connectivity index (χ0n) is 27.7. The summed E-state index contributed by atoms with van der Waals surface area (Å²) < 4.78 is 21.6. The van der Waals surface area contributed by atoms with E-state index in [1.807, 2.05) is 0 Å². The van der Waals surface area contributed by atoms with Gasteiger partial charge in [-0.3, -0.25) is 0 Å². The van der Waals surface area contributed by atoms with Gasteiger partial charge >= 0.3 is 23.9 Å². The standard InChI is InChI=1S/C34H36Cl6O8/c1-31(2)13-32(3,4)19(31)11-45-27(41)21-23(39)15(35)9-17(37)25(21)47-29(43)30(44)48-26-18(38)10-16(36)24(40)22(26)28(42)46-12-20-33(5,6)14-34(20,7)8/h9-10,19-20H,11-14H2,1-8H3. The maximum Gasteiger partial charge on any atom is 0.423 e. The van der Waals surface area contributed by atoms with E-state index >= 15 is 0 Å². The molecule has 0 atom stereocenters. The molecule has 8 nitrogen and oxygen atoms in total. The summed E-state index contributed by atoms with van der Waals surface area (Å²) in [5.41, 5.74) is -1.27. The first-order valence-corrected chi connectivity index (χ1v) is 17.3. The Morgan fingerprint density at radius 1 is 0.562 bits per heavy atom. The highest BCUT2D eigenvalue weighted by Crippen LogP contribution is 2.59. The molecule has 0 aliphatic heterocycles. The molecular formula is C34H36Cl6O8. The van der Waals surface area contributed by atoms with Crippen LogP contribution in [0.15, 0.2) is 12.1 Å². The van der Waals surface area contributed by atoms with Crippen molar-refractivity contribution < 1.29 is 38.1 Å². The third-order valence-electron chi connectivity index (χ3n) is 9.58. The number of hydrogen-bond acceptors (Lipinski definition) is 8. The molecule has 2 aromatic carbocycles. The summed E-state index contributed by atoms with van der Waals surface area (Å²) in [6.45, 7) is 16.6. The molecule has 0 unspecified atom stereocenters. The van der Waals surface area contributed by atoms with Crippen LogP contribution in [-0.2, 0) is 19.1 Å². The van der Waals surface area contributed by atoms with E-state index in [1.165, 1.54) is 0 Å². The average molecular weight is 785 g/mol. The number of ether oxygens (including phenoxy) is 4. The Morgan fingerprint density at radius 2 is 0.854 bits per heavy atom. The fraction of sp³-hybridized carbons (Fsp3) is 0.529. The van der Waals surface area contributed by atoms with Crippen molar-refractivity contribution >= 4 is 93.5 Å². The first-order chi connectivity index (χ1) is 21.9. The highest BCUT2D eigenvalue weighted by Gasteiger charge is 2.54. The molecule has 2 saturated carbocycles. The van der Waals surface area contributed by atoms with Gasteiger partial charge in [-0.15, -0.1) is 0 Å². The van der Waals surface area contributed by atoms with Gasteiger partial charge in [-0.05, 0) is 46.6 Å². The van der Waals surface area contributed by atoms with Crippen molar-refractivity contribution in [3.8, 4) is 11.5 Å². The van der Waals surface area contributed by atoms with Crippen LogP contribution < -0.4 is 9.47 Å². The van der Waals surface area contributed by atoms with Gasteiger partial charge in [0, 0.05) is 11.8 Å². The number of benzene rings is 2. The molecule has 0 saturated heterocycles. The Labute approximate surface area is 309 Å². The second-order valence-corrected chi connectivity index (χ2v) is 17.5. The molecule has 2 aliphatic carbocycles. The summed E-state index contributed by atoms with van der Waals surface area (Å²) in [5.74, 6) is -6.38. The minimum absolute atomic E-state index is 0.0203. The summed E-state index contributed by atoms with van der Waals surface area (Å²) in [7, 11) is 0. The van der Waals surface area contributed by atoms with Gasteiger partial charge in [-0.25, -0.2) is 19.2 Å². The van der Waals surface area contributed by atoms with E-state index in [9.17, 15) is 19.2 Å². The van der Waals surface area contributed by atoms with Crippen LogP contribution in [0.2, 0.25) is 30.1 Å². The van der Waals surface area contributed by atoms with Gasteiger partial charge in [0.1, 0.15) is 11.1 Å². The molecule has 0 spiro atoms. The molecule has 2 aliphatic rings. The largest absolute Gasteiger partial charge is 0.462 e. The highest BCUT2D eigenvalue weighted by atomic mass is 35.5. The molecule has 262 valence electrons. The van der Waals surface area contributed by atoms with Gasteiger partial charge in [0.15, 0.2) is 11.5 Å². The molecular weight excluding hydrogens is 749 g/mol. The molecule has 0 aromatic heterocycles. The maximum absolute atomic E-state index is 13.3. The van der Waals surface area contributed by atoms with E-state index in [2.05, 4.69) is 55.4 Å². The average Bonchev–Trinajstić information content (AvgIpc) is 2.92. The van der Waals surface area contributed by atoms with Crippen LogP contribution in [0.4, 0.5) is 0 Å². The van der Waals surface area contributed by atoms with Crippen LogP contribution in [0, 0.1) is 33.5 Å². The molecule has 2 fully saturated rings. The summed E-state index contributed by atoms with van der Waals surface area (Å²) in [6, 6.07) is 2.26. The normalized spacial score (nSPS) is 19.0. The molecule has 0 bridgehead atoms. The Hall–Kier alpha value is -1.94. The van der Waals surface area contributed by atoms with Crippen LogP contribution in [0.25, 0.3) is 0 Å². The Kier molecular flexibility index (Phi) is 11.0. The monoisotopic (exact) mass is 782 g/mol. The number of esters is 4. The second-order valence-electron chi connectivity index (χ2n) is 15.1. The topological polar surface area (TPSA) is 105 Å². The predicted molar refractivity (Wildman–Crippen MR) is 186 cm³/mol. The van der Waals surface area contributed by atoms with Crippen molar-refractivity contribution in [3.63, 3.8) is 0 Å². The van der Waals surface area contributed by atoms with E-state index in [4.69, 9.17) is 88.6 Å². The number of hydrogen-bond donors (Lipinski definition) is 0. The molecule has 0 N–H and O–H groups in total. The minimum Gasteiger partial charge on any atom is -0.462 e. The number of carbonyl (C=O) groups excluding carboxylic acids is 4. The zero-order valence-corrected chi connectivity index (χ0v) is 32.2. The molecule has 48 heavy (non-hydrogen) atoms.